The van der Waals surface area contributed by atoms with Crippen LogP contribution >= 0.6 is 0 Å². The minimum atomic E-state index is -2.55. The summed E-state index contributed by atoms with van der Waals surface area (Å²) in [6, 6.07) is 4.86. The average molecular weight is 395 g/mol. The summed E-state index contributed by atoms with van der Waals surface area (Å²) in [4.78, 5) is 4.86. The number of nitrogens with one attached hydrogen (secondary N) is 1. The Morgan fingerprint density at radius 2 is 2.00 bits per heavy atom. The summed E-state index contributed by atoms with van der Waals surface area (Å²) in [6.45, 7) is 8.49. The van der Waals surface area contributed by atoms with Crippen LogP contribution < -0.4 is 15.8 Å². The number of piperidine rings is 1. The van der Waals surface area contributed by atoms with E-state index in [0.29, 0.717) is 17.9 Å². The van der Waals surface area contributed by atoms with Gasteiger partial charge in [0.2, 0.25) is 0 Å². The molecule has 0 atom stereocenters. The minimum Gasteiger partial charge on any atom is -0.441 e. The Kier molecular flexibility index (Phi) is 8.86. The molecule has 0 aromatic heterocycles. The monoisotopic (exact) mass is 395 g/mol. The second-order valence-electron chi connectivity index (χ2n) is 6.61. The molecule has 156 valence electrons. The van der Waals surface area contributed by atoms with Gasteiger partial charge in [-0.25, -0.2) is 8.78 Å². The van der Waals surface area contributed by atoms with Crippen molar-refractivity contribution in [2.24, 2.45) is 10.7 Å². The number of aryl methyl sites for hydroxylation is 1. The molecule has 3 rings (SSSR count). The molecule has 0 unspecified atom stereocenters. The fourth-order valence-electron chi connectivity index (χ4n) is 3.19. The van der Waals surface area contributed by atoms with Crippen LogP contribution in [0.3, 0.4) is 0 Å². The van der Waals surface area contributed by atoms with E-state index < -0.39 is 6.43 Å². The van der Waals surface area contributed by atoms with E-state index in [-0.39, 0.29) is 17.5 Å². The van der Waals surface area contributed by atoms with Gasteiger partial charge in [0.1, 0.15) is 5.75 Å². The Hall–Kier alpha value is -1.99. The van der Waals surface area contributed by atoms with E-state index >= 15 is 0 Å². The van der Waals surface area contributed by atoms with Crippen molar-refractivity contribution in [2.45, 2.75) is 52.5 Å². The molecule has 0 aliphatic carbocycles. The molecule has 0 spiro atoms. The SMILES string of the molecule is CC.Cc1ccc(O/C(N)=C2\CNCCC2=NC2CCOCC2)cc1C(F)F. The molecule has 7 heteroatoms. The van der Waals surface area contributed by atoms with E-state index in [9.17, 15) is 8.78 Å². The molecule has 2 saturated heterocycles. The summed E-state index contributed by atoms with van der Waals surface area (Å²) < 4.78 is 37.2. The zero-order chi connectivity index (χ0) is 20.5. The number of hydrogen-bond acceptors (Lipinski definition) is 5. The van der Waals surface area contributed by atoms with Crippen LogP contribution in [0.15, 0.2) is 34.6 Å². The van der Waals surface area contributed by atoms with Gasteiger partial charge >= 0.3 is 0 Å². The molecule has 0 bridgehead atoms. The highest BCUT2D eigenvalue weighted by Crippen LogP contribution is 2.27. The predicted octanol–water partition coefficient (Wildman–Crippen LogP) is 4.12. The first-order valence-electron chi connectivity index (χ1n) is 9.95. The predicted molar refractivity (Wildman–Crippen MR) is 108 cm³/mol. The molecule has 28 heavy (non-hydrogen) atoms. The molecule has 1 aromatic carbocycles. The number of nitrogens with zero attached hydrogens (tertiary/aromatic N) is 1. The highest BCUT2D eigenvalue weighted by atomic mass is 19.3. The van der Waals surface area contributed by atoms with E-state index in [1.165, 1.54) is 6.07 Å². The second kappa shape index (κ2) is 11.1. The molecule has 2 fully saturated rings. The maximum Gasteiger partial charge on any atom is 0.264 e. The minimum absolute atomic E-state index is 0.0434. The highest BCUT2D eigenvalue weighted by Gasteiger charge is 2.21. The standard InChI is InChI=1S/C19H25F2N3O2.C2H6/c1-12-2-3-14(10-15(12)18(20)21)26-19(22)16-11-23-7-4-17(16)24-13-5-8-25-9-6-13;1-2/h2-3,10,13,18,23H,4-9,11,22H2,1H3;1-2H3/b19-16+,24-17?;. The number of aliphatic imine (C=N–C) groups is 1. The summed E-state index contributed by atoms with van der Waals surface area (Å²) in [7, 11) is 0. The number of rotatable bonds is 4. The maximum absolute atomic E-state index is 13.1. The Morgan fingerprint density at radius 1 is 1.29 bits per heavy atom. The highest BCUT2D eigenvalue weighted by molar-refractivity contribution is 6.01. The third-order valence-electron chi connectivity index (χ3n) is 4.73. The summed E-state index contributed by atoms with van der Waals surface area (Å²) in [5.41, 5.74) is 8.40. The van der Waals surface area contributed by atoms with Gasteiger partial charge in [-0.05, 0) is 37.5 Å². The Morgan fingerprint density at radius 3 is 2.68 bits per heavy atom. The second-order valence-corrected chi connectivity index (χ2v) is 6.61. The third kappa shape index (κ3) is 6.01. The first-order valence-corrected chi connectivity index (χ1v) is 9.95. The van der Waals surface area contributed by atoms with E-state index in [1.807, 2.05) is 13.8 Å². The van der Waals surface area contributed by atoms with Gasteiger partial charge in [0.15, 0.2) is 5.88 Å². The number of nitrogens with two attached hydrogens (primary N) is 1. The van der Waals surface area contributed by atoms with Crippen molar-refractivity contribution >= 4 is 5.71 Å². The molecule has 2 heterocycles. The molecule has 2 aliphatic heterocycles. The largest absolute Gasteiger partial charge is 0.441 e. The molecular weight excluding hydrogens is 364 g/mol. The topological polar surface area (TPSA) is 68.9 Å². The summed E-state index contributed by atoms with van der Waals surface area (Å²) in [5.74, 6) is 0.527. The number of benzene rings is 1. The van der Waals surface area contributed by atoms with Crippen molar-refractivity contribution in [3.05, 3.63) is 40.8 Å². The summed E-state index contributed by atoms with van der Waals surface area (Å²) in [6.07, 6.45) is 0.0308. The van der Waals surface area contributed by atoms with Gasteiger partial charge in [0.25, 0.3) is 6.43 Å². The van der Waals surface area contributed by atoms with Gasteiger partial charge in [0, 0.05) is 49.6 Å². The number of hydrogen-bond donors (Lipinski definition) is 2. The van der Waals surface area contributed by atoms with Crippen molar-refractivity contribution in [1.29, 1.82) is 0 Å². The number of alkyl halides is 2. The number of ether oxygens (including phenoxy) is 2. The lowest BCUT2D eigenvalue weighted by molar-refractivity contribution is 0.0870. The van der Waals surface area contributed by atoms with Crippen molar-refractivity contribution < 1.29 is 18.3 Å². The lowest BCUT2D eigenvalue weighted by Crippen LogP contribution is -2.35. The Bertz CT molecular complexity index is 699. The van der Waals surface area contributed by atoms with Crippen LogP contribution in [0.5, 0.6) is 5.75 Å². The molecule has 0 saturated carbocycles. The van der Waals surface area contributed by atoms with E-state index in [1.54, 1.807) is 19.1 Å². The molecular formula is C21H31F2N3O2. The fourth-order valence-corrected chi connectivity index (χ4v) is 3.19. The first kappa shape index (κ1) is 22.3. The third-order valence-corrected chi connectivity index (χ3v) is 4.73. The smallest absolute Gasteiger partial charge is 0.264 e. The van der Waals surface area contributed by atoms with Crippen molar-refractivity contribution in [3.8, 4) is 5.75 Å². The summed E-state index contributed by atoms with van der Waals surface area (Å²) >= 11 is 0. The van der Waals surface area contributed by atoms with E-state index in [0.717, 1.165) is 50.3 Å². The zero-order valence-electron chi connectivity index (χ0n) is 16.9. The molecule has 2 aliphatic rings. The Balaban J connectivity index is 0.00000136. The lowest BCUT2D eigenvalue weighted by Gasteiger charge is -2.24. The molecule has 3 N–H and O–H groups in total. The van der Waals surface area contributed by atoms with E-state index in [4.69, 9.17) is 20.2 Å². The lowest BCUT2D eigenvalue weighted by atomic mass is 10.0. The normalized spacial score (nSPS) is 21.3. The van der Waals surface area contributed by atoms with Gasteiger partial charge in [0.05, 0.1) is 6.04 Å². The average Bonchev–Trinajstić information content (AvgIpc) is 2.72. The maximum atomic E-state index is 13.1. The van der Waals surface area contributed by atoms with Gasteiger partial charge in [-0.15, -0.1) is 0 Å². The molecule has 1 aromatic rings. The van der Waals surface area contributed by atoms with Crippen LogP contribution in [0.2, 0.25) is 0 Å². The summed E-state index contributed by atoms with van der Waals surface area (Å²) in [5, 5.41) is 3.26. The molecule has 0 amide bonds. The number of halogens is 2. The van der Waals surface area contributed by atoms with Gasteiger partial charge in [-0.1, -0.05) is 19.9 Å². The van der Waals surface area contributed by atoms with Crippen LogP contribution in [-0.2, 0) is 4.74 Å². The van der Waals surface area contributed by atoms with Crippen LogP contribution in [0.1, 0.15) is 50.7 Å². The van der Waals surface area contributed by atoms with Crippen LogP contribution in [0.25, 0.3) is 0 Å². The van der Waals surface area contributed by atoms with Crippen molar-refractivity contribution in [2.75, 3.05) is 26.3 Å². The quantitative estimate of drug-likeness (QED) is 0.753. The zero-order valence-corrected chi connectivity index (χ0v) is 16.9. The van der Waals surface area contributed by atoms with Gasteiger partial charge in [-0.2, -0.15) is 0 Å². The van der Waals surface area contributed by atoms with Crippen LogP contribution in [0.4, 0.5) is 8.78 Å². The van der Waals surface area contributed by atoms with Gasteiger partial charge < -0.3 is 20.5 Å². The Labute approximate surface area is 166 Å². The van der Waals surface area contributed by atoms with Crippen molar-refractivity contribution in [3.63, 3.8) is 0 Å². The fraction of sp³-hybridized carbons (Fsp3) is 0.571. The van der Waals surface area contributed by atoms with Gasteiger partial charge in [-0.3, -0.25) is 4.99 Å². The van der Waals surface area contributed by atoms with Crippen LogP contribution in [0, 0.1) is 6.92 Å². The molecule has 5 nitrogen and oxygen atoms in total. The first-order chi connectivity index (χ1) is 13.5. The van der Waals surface area contributed by atoms with Crippen molar-refractivity contribution in [1.82, 2.24) is 5.32 Å². The molecule has 0 radical (unpaired) electrons. The van der Waals surface area contributed by atoms with E-state index in [2.05, 4.69) is 5.32 Å². The van der Waals surface area contributed by atoms with Crippen LogP contribution in [-0.4, -0.2) is 38.1 Å².